The normalized spacial score (nSPS) is 21.1. The van der Waals surface area contributed by atoms with Gasteiger partial charge in [0.2, 0.25) is 17.7 Å². The van der Waals surface area contributed by atoms with Gasteiger partial charge in [0, 0.05) is 75.5 Å². The molecule has 6 aromatic rings. The molecule has 1 radical (unpaired) electrons. The number of benzene rings is 2. The topological polar surface area (TPSA) is 205 Å². The lowest BCUT2D eigenvalue weighted by Gasteiger charge is -2.49. The number of hydrogen-bond donors (Lipinski definition) is 6. The van der Waals surface area contributed by atoms with Crippen LogP contribution in [0.2, 0.25) is 0 Å². The lowest BCUT2D eigenvalue weighted by Crippen LogP contribution is -2.60. The number of carbonyl (C=O) groups excluding carboxylic acids is 3. The Bertz CT molecular complexity index is 2480. The summed E-state index contributed by atoms with van der Waals surface area (Å²) in [7, 11) is 0. The van der Waals surface area contributed by atoms with Crippen molar-refractivity contribution < 1.29 is 19.6 Å². The number of nitrogens with one attached hydrogen (secondary N) is 6. The van der Waals surface area contributed by atoms with Crippen molar-refractivity contribution >= 4 is 39.5 Å². The van der Waals surface area contributed by atoms with E-state index in [1.54, 1.807) is 15.8 Å². The molecule has 0 aliphatic carbocycles. The number of hydroxylamine groups is 2. The molecule has 7 heterocycles. The summed E-state index contributed by atoms with van der Waals surface area (Å²) in [6, 6.07) is 13.6. The van der Waals surface area contributed by atoms with Crippen LogP contribution in [0, 0.1) is 0 Å². The Balaban J connectivity index is 0.948. The van der Waals surface area contributed by atoms with E-state index >= 15 is 0 Å². The largest absolute Gasteiger partial charge is 0.357 e. The van der Waals surface area contributed by atoms with Crippen LogP contribution in [0.1, 0.15) is 80.5 Å². The number of aromatic amines is 3. The summed E-state index contributed by atoms with van der Waals surface area (Å²) < 4.78 is 1.79. The van der Waals surface area contributed by atoms with E-state index in [0.717, 1.165) is 44.3 Å². The maximum absolute atomic E-state index is 14.6. The van der Waals surface area contributed by atoms with Crippen LogP contribution in [0.5, 0.6) is 0 Å². The molecule has 1 fully saturated rings. The molecule has 58 heavy (non-hydrogen) atoms. The van der Waals surface area contributed by atoms with E-state index in [1.807, 2.05) is 76.4 Å². The van der Waals surface area contributed by atoms with Gasteiger partial charge < -0.3 is 30.5 Å². The minimum absolute atomic E-state index is 0.0355. The third kappa shape index (κ3) is 6.94. The molecule has 6 N–H and O–H groups in total. The zero-order chi connectivity index (χ0) is 40.3. The van der Waals surface area contributed by atoms with Gasteiger partial charge in [-0.2, -0.15) is 0 Å². The summed E-state index contributed by atoms with van der Waals surface area (Å²) in [4.78, 5) is 59.1. The molecular formula is C42H49N12O4. The van der Waals surface area contributed by atoms with Gasteiger partial charge in [0.05, 0.1) is 37.7 Å². The van der Waals surface area contributed by atoms with Crippen molar-refractivity contribution in [3.63, 3.8) is 0 Å². The molecule has 9 rings (SSSR count). The summed E-state index contributed by atoms with van der Waals surface area (Å²) in [5.74, 6) is -1.01. The van der Waals surface area contributed by atoms with E-state index in [0.29, 0.717) is 37.2 Å². The zero-order valence-corrected chi connectivity index (χ0v) is 33.1. The average Bonchev–Trinajstić information content (AvgIpc) is 4.03. The van der Waals surface area contributed by atoms with Crippen LogP contribution in [0.25, 0.3) is 21.8 Å². The number of aromatic nitrogens is 7. The molecule has 3 atom stereocenters. The van der Waals surface area contributed by atoms with Gasteiger partial charge in [-0.05, 0) is 70.2 Å². The minimum atomic E-state index is -0.992. The third-order valence-electron chi connectivity index (χ3n) is 12.3. The second-order valence-electron chi connectivity index (χ2n) is 17.3. The Kier molecular flexibility index (Phi) is 9.44. The molecule has 301 valence electrons. The highest BCUT2D eigenvalue weighted by atomic mass is 16.5. The first kappa shape index (κ1) is 37.7. The van der Waals surface area contributed by atoms with Crippen LogP contribution < -0.4 is 16.0 Å². The first-order valence-electron chi connectivity index (χ1n) is 20.0. The van der Waals surface area contributed by atoms with Gasteiger partial charge in [-0.1, -0.05) is 41.6 Å². The molecule has 3 aliphatic rings. The summed E-state index contributed by atoms with van der Waals surface area (Å²) in [5.41, 5.74) is 6.08. The first-order valence-corrected chi connectivity index (χ1v) is 20.0. The smallest absolute Gasteiger partial charge is 0.243 e. The molecule has 0 unspecified atom stereocenters. The summed E-state index contributed by atoms with van der Waals surface area (Å²) in [6.45, 7) is 8.55. The lowest BCUT2D eigenvalue weighted by atomic mass is 9.79. The molecule has 0 bridgehead atoms. The fourth-order valence-corrected chi connectivity index (χ4v) is 9.55. The number of rotatable bonds is 9. The van der Waals surface area contributed by atoms with Crippen LogP contribution in [0.3, 0.4) is 0 Å². The Morgan fingerprint density at radius 1 is 0.914 bits per heavy atom. The standard InChI is InChI=1S/C42H49N12O4/c1-41(2)16-26(17-42(3,4)54(41)58)53-21-25(50-51-53)19-45-38(55)33(13-24-18-43-23-46-24)49-39(56)37-15-30-28-10-6-8-12-32(28)48-36(30)22-52(37)40(57)34-14-29-27-9-5-7-11-31(27)47-35(29)20-44-34/h5-12,18,21,23,26,33-34,37,44,47-48H,13-17,19-20,22H2,1-4H3,(H,43,46)(H,45,55)(H,49,56)/t33-,34+,37+/m1/s1. The quantitative estimate of drug-likeness (QED) is 0.128. The van der Waals surface area contributed by atoms with E-state index in [2.05, 4.69) is 52.3 Å². The van der Waals surface area contributed by atoms with Crippen molar-refractivity contribution in [2.24, 2.45) is 0 Å². The van der Waals surface area contributed by atoms with Crippen LogP contribution in [0.4, 0.5) is 0 Å². The first-order chi connectivity index (χ1) is 27.8. The fraction of sp³-hybridized carbons (Fsp3) is 0.429. The molecule has 2 aromatic carbocycles. The highest BCUT2D eigenvalue weighted by Gasteiger charge is 2.47. The van der Waals surface area contributed by atoms with Gasteiger partial charge in [-0.3, -0.25) is 19.7 Å². The van der Waals surface area contributed by atoms with E-state index in [9.17, 15) is 19.6 Å². The molecule has 4 aromatic heterocycles. The van der Waals surface area contributed by atoms with Gasteiger partial charge in [0.15, 0.2) is 0 Å². The van der Waals surface area contributed by atoms with Crippen LogP contribution >= 0.6 is 0 Å². The number of H-pyrrole nitrogens is 3. The number of imidazole rings is 1. The van der Waals surface area contributed by atoms with Gasteiger partial charge in [-0.15, -0.1) is 15.4 Å². The van der Waals surface area contributed by atoms with Crippen LogP contribution in [0.15, 0.2) is 67.3 Å². The van der Waals surface area contributed by atoms with E-state index in [1.165, 1.54) is 11.4 Å². The van der Waals surface area contributed by atoms with E-state index in [-0.39, 0.29) is 37.9 Å². The minimum Gasteiger partial charge on any atom is -0.357 e. The molecule has 0 saturated carbocycles. The third-order valence-corrected chi connectivity index (χ3v) is 12.3. The van der Waals surface area contributed by atoms with Crippen molar-refractivity contribution in [1.82, 2.24) is 60.8 Å². The highest BCUT2D eigenvalue weighted by Crippen LogP contribution is 2.42. The maximum atomic E-state index is 14.6. The van der Waals surface area contributed by atoms with Gasteiger partial charge in [0.25, 0.3) is 0 Å². The predicted molar refractivity (Wildman–Crippen MR) is 214 cm³/mol. The van der Waals surface area contributed by atoms with Crippen molar-refractivity contribution in [3.8, 4) is 0 Å². The molecular weight excluding hydrogens is 737 g/mol. The fourth-order valence-electron chi connectivity index (χ4n) is 9.55. The Morgan fingerprint density at radius 2 is 1.59 bits per heavy atom. The van der Waals surface area contributed by atoms with Crippen molar-refractivity contribution in [2.45, 2.75) is 115 Å². The second-order valence-corrected chi connectivity index (χ2v) is 17.3. The SMILES string of the molecule is CC1(C)CC(n2cc(CNC(=O)[C@@H](Cc3cnc[nH]3)NC(=O)[C@@H]3Cc4c([nH]c5ccccc45)CN3C(=O)[C@@H]3Cc4c([nH]c5ccccc45)CN3)nn2)CC(C)(C)N1[O]. The molecule has 0 spiro atoms. The Hall–Kier alpha value is -5.84. The number of nitrogens with zero attached hydrogens (tertiary/aromatic N) is 6. The molecule has 1 saturated heterocycles. The van der Waals surface area contributed by atoms with E-state index in [4.69, 9.17) is 0 Å². The number of amides is 3. The second kappa shape index (κ2) is 14.5. The van der Waals surface area contributed by atoms with Crippen LogP contribution in [-0.2, 0) is 58.5 Å². The van der Waals surface area contributed by atoms with Crippen molar-refractivity contribution in [2.75, 3.05) is 0 Å². The highest BCUT2D eigenvalue weighted by molar-refractivity contribution is 5.96. The predicted octanol–water partition coefficient (Wildman–Crippen LogP) is 3.52. The molecule has 3 aliphatic heterocycles. The molecule has 3 amide bonds. The molecule has 16 nitrogen and oxygen atoms in total. The number of hydrogen-bond acceptors (Lipinski definition) is 8. The van der Waals surface area contributed by atoms with E-state index < -0.39 is 41.0 Å². The molecule has 16 heteroatoms. The van der Waals surface area contributed by atoms with Crippen LogP contribution in [-0.4, -0.2) is 91.8 Å². The number of carbonyl (C=O) groups is 3. The van der Waals surface area contributed by atoms with Gasteiger partial charge in [0.1, 0.15) is 17.8 Å². The maximum Gasteiger partial charge on any atom is 0.243 e. The van der Waals surface area contributed by atoms with Crippen molar-refractivity contribution in [3.05, 3.63) is 101 Å². The average molecular weight is 786 g/mol. The monoisotopic (exact) mass is 785 g/mol. The number of para-hydroxylation sites is 2. The van der Waals surface area contributed by atoms with Gasteiger partial charge in [-0.25, -0.2) is 9.67 Å². The summed E-state index contributed by atoms with van der Waals surface area (Å²) in [6.07, 6.45) is 7.08. The lowest BCUT2D eigenvalue weighted by molar-refractivity contribution is -0.293. The zero-order valence-electron chi connectivity index (χ0n) is 33.1. The number of fused-ring (bicyclic) bond motifs is 6. The Morgan fingerprint density at radius 3 is 2.28 bits per heavy atom. The van der Waals surface area contributed by atoms with Gasteiger partial charge >= 0.3 is 0 Å². The van der Waals surface area contributed by atoms with Crippen molar-refractivity contribution in [1.29, 1.82) is 0 Å². The Labute approximate surface area is 335 Å². The number of piperidine rings is 1. The summed E-state index contributed by atoms with van der Waals surface area (Å²) in [5, 5.41) is 34.3. The summed E-state index contributed by atoms with van der Waals surface area (Å²) >= 11 is 0.